The van der Waals surface area contributed by atoms with E-state index in [1.165, 1.54) is 13.0 Å². The summed E-state index contributed by atoms with van der Waals surface area (Å²) in [6, 6.07) is 2.50. The van der Waals surface area contributed by atoms with Crippen LogP contribution in [0.25, 0.3) is 0 Å². The number of halogens is 2. The molecule has 0 aromatic carbocycles. The highest BCUT2D eigenvalue weighted by Crippen LogP contribution is 2.28. The minimum atomic E-state index is -2.94. The van der Waals surface area contributed by atoms with Crippen LogP contribution in [0.2, 0.25) is 0 Å². The van der Waals surface area contributed by atoms with Gasteiger partial charge in [0.2, 0.25) is 0 Å². The van der Waals surface area contributed by atoms with Crippen molar-refractivity contribution in [3.63, 3.8) is 0 Å². The first-order valence-corrected chi connectivity index (χ1v) is 4.64. The Balaban J connectivity index is 2.90. The summed E-state index contributed by atoms with van der Waals surface area (Å²) in [7, 11) is 0. The molecule has 0 aliphatic heterocycles. The molecule has 3 nitrogen and oxygen atoms in total. The van der Waals surface area contributed by atoms with Gasteiger partial charge in [-0.2, -0.15) is 8.78 Å². The topological polar surface area (TPSA) is 53.4 Å². The average molecular weight is 215 g/mol. The quantitative estimate of drug-likeness (QED) is 0.710. The molecule has 1 rings (SSSR count). The molecule has 0 aliphatic rings. The van der Waals surface area contributed by atoms with E-state index < -0.39 is 19.3 Å². The average Bonchev–Trinajstić information content (AvgIpc) is 2.28. The first kappa shape index (κ1) is 12.1. The number of nitrogens with zero attached hydrogens (tertiary/aromatic N) is 1. The van der Waals surface area contributed by atoms with Crippen LogP contribution in [-0.2, 0) is 5.92 Å². The highest BCUT2D eigenvalue weighted by Gasteiger charge is 2.30. The van der Waals surface area contributed by atoms with E-state index >= 15 is 0 Å². The zero-order valence-electron chi connectivity index (χ0n) is 8.32. The summed E-state index contributed by atoms with van der Waals surface area (Å²) >= 11 is 0. The molecule has 0 spiro atoms. The van der Waals surface area contributed by atoms with Crippen LogP contribution in [0.15, 0.2) is 18.3 Å². The van der Waals surface area contributed by atoms with E-state index in [-0.39, 0.29) is 12.1 Å². The Labute approximate surface area is 86.9 Å². The number of hydrogen-bond acceptors (Lipinski definition) is 3. The molecule has 0 saturated carbocycles. The highest BCUT2D eigenvalue weighted by atomic mass is 19.3. The van der Waals surface area contributed by atoms with E-state index in [0.29, 0.717) is 5.46 Å². The summed E-state index contributed by atoms with van der Waals surface area (Å²) in [6.45, 7) is -0.148. The minimum Gasteiger partial charge on any atom is -0.445 e. The molecule has 15 heavy (non-hydrogen) atoms. The van der Waals surface area contributed by atoms with Gasteiger partial charge in [-0.3, -0.25) is 4.98 Å². The number of aliphatic hydroxyl groups is 1. The van der Waals surface area contributed by atoms with E-state index in [1.807, 2.05) is 0 Å². The van der Waals surface area contributed by atoms with Gasteiger partial charge in [0, 0.05) is 12.6 Å². The van der Waals surface area contributed by atoms with Gasteiger partial charge >= 0.3 is 6.92 Å². The van der Waals surface area contributed by atoms with E-state index in [2.05, 4.69) is 4.98 Å². The van der Waals surface area contributed by atoms with Crippen molar-refractivity contribution in [3.8, 4) is 0 Å². The molecule has 2 N–H and O–H groups in total. The van der Waals surface area contributed by atoms with Gasteiger partial charge in [0.25, 0.3) is 5.92 Å². The molecule has 0 radical (unpaired) electrons. The van der Waals surface area contributed by atoms with Crippen molar-refractivity contribution in [2.45, 2.75) is 19.3 Å². The zero-order valence-corrected chi connectivity index (χ0v) is 8.32. The minimum absolute atomic E-state index is 0.318. The Bertz CT molecular complexity index is 318. The lowest BCUT2D eigenvalue weighted by atomic mass is 9.63. The molecule has 0 saturated heterocycles. The molecule has 1 aromatic rings. The lowest BCUT2D eigenvalue weighted by molar-refractivity contribution is -0.0127. The molecule has 0 bridgehead atoms. The van der Waals surface area contributed by atoms with E-state index in [4.69, 9.17) is 5.11 Å². The molecular formula is C9H12BF2NO2. The van der Waals surface area contributed by atoms with E-state index in [0.717, 1.165) is 12.3 Å². The summed E-state index contributed by atoms with van der Waals surface area (Å²) in [5.41, 5.74) is 0.00652. The second kappa shape index (κ2) is 4.68. The fourth-order valence-corrected chi connectivity index (χ4v) is 1.11. The molecule has 6 heteroatoms. The summed E-state index contributed by atoms with van der Waals surface area (Å²) in [6.07, 6.45) is 0.835. The molecule has 82 valence electrons. The number of aromatic nitrogens is 1. The summed E-state index contributed by atoms with van der Waals surface area (Å²) in [5.74, 6) is -2.94. The summed E-state index contributed by atoms with van der Waals surface area (Å²) < 4.78 is 26.3. The maximum absolute atomic E-state index is 13.1. The Kier molecular flexibility index (Phi) is 3.76. The second-order valence-electron chi connectivity index (χ2n) is 3.23. The van der Waals surface area contributed by atoms with Crippen molar-refractivity contribution >= 4 is 12.4 Å². The van der Waals surface area contributed by atoms with Crippen molar-refractivity contribution in [3.05, 3.63) is 24.0 Å². The summed E-state index contributed by atoms with van der Waals surface area (Å²) in [5, 5.41) is 17.8. The Morgan fingerprint density at radius 1 is 1.47 bits per heavy atom. The standard InChI is InChI=1S/C9H12BF2NO2/c1-2-9(11,12)8-4-3-7(5-13-8)10(15)6-14/h3-5,14-15H,2,6H2,1H3. The number of pyridine rings is 1. The third-order valence-corrected chi connectivity index (χ3v) is 2.16. The number of hydrogen-bond donors (Lipinski definition) is 2. The van der Waals surface area contributed by atoms with Gasteiger partial charge in [0.15, 0.2) is 0 Å². The lowest BCUT2D eigenvalue weighted by Crippen LogP contribution is -2.35. The maximum atomic E-state index is 13.1. The van der Waals surface area contributed by atoms with Gasteiger partial charge in [-0.05, 0) is 11.5 Å². The normalized spacial score (nSPS) is 11.5. The number of alkyl halides is 2. The van der Waals surface area contributed by atoms with Crippen LogP contribution in [0.1, 0.15) is 19.0 Å². The van der Waals surface area contributed by atoms with Crippen molar-refractivity contribution in [2.24, 2.45) is 0 Å². The molecule has 0 atom stereocenters. The lowest BCUT2D eigenvalue weighted by Gasteiger charge is -2.13. The van der Waals surface area contributed by atoms with Gasteiger partial charge in [-0.15, -0.1) is 0 Å². The molecule has 0 unspecified atom stereocenters. The van der Waals surface area contributed by atoms with Gasteiger partial charge < -0.3 is 10.1 Å². The first-order valence-electron chi connectivity index (χ1n) is 4.64. The van der Waals surface area contributed by atoms with E-state index in [1.54, 1.807) is 0 Å². The van der Waals surface area contributed by atoms with Crippen LogP contribution in [0, 0.1) is 0 Å². The Morgan fingerprint density at radius 3 is 2.53 bits per heavy atom. The van der Waals surface area contributed by atoms with Crippen LogP contribution in [0.3, 0.4) is 0 Å². The molecule has 0 fully saturated rings. The third kappa shape index (κ3) is 2.73. The second-order valence-corrected chi connectivity index (χ2v) is 3.23. The SMILES string of the molecule is CCC(F)(F)c1ccc(B(O)CO)cn1. The zero-order chi connectivity index (χ0) is 11.5. The van der Waals surface area contributed by atoms with Crippen LogP contribution < -0.4 is 5.46 Å². The Morgan fingerprint density at radius 2 is 2.13 bits per heavy atom. The number of aliphatic hydroxyl groups excluding tert-OH is 1. The fraction of sp³-hybridized carbons (Fsp3) is 0.444. The Hall–Kier alpha value is -1.01. The third-order valence-electron chi connectivity index (χ3n) is 2.16. The van der Waals surface area contributed by atoms with Crippen molar-refractivity contribution in [1.29, 1.82) is 0 Å². The fourth-order valence-electron chi connectivity index (χ4n) is 1.11. The van der Waals surface area contributed by atoms with Crippen molar-refractivity contribution in [2.75, 3.05) is 6.51 Å². The van der Waals surface area contributed by atoms with Crippen molar-refractivity contribution < 1.29 is 18.9 Å². The number of rotatable bonds is 4. The van der Waals surface area contributed by atoms with Crippen LogP contribution in [0.4, 0.5) is 8.78 Å². The predicted octanol–water partition coefficient (Wildman–Crippen LogP) is 0.306. The monoisotopic (exact) mass is 215 g/mol. The van der Waals surface area contributed by atoms with Gasteiger partial charge in [-0.25, -0.2) is 0 Å². The van der Waals surface area contributed by atoms with Crippen LogP contribution >= 0.6 is 0 Å². The largest absolute Gasteiger partial charge is 0.445 e. The molecule has 1 heterocycles. The summed E-state index contributed by atoms with van der Waals surface area (Å²) in [4.78, 5) is 3.57. The highest BCUT2D eigenvalue weighted by molar-refractivity contribution is 6.65. The first-order chi connectivity index (χ1) is 7.01. The maximum Gasteiger partial charge on any atom is 0.352 e. The molecule has 1 aromatic heterocycles. The van der Waals surface area contributed by atoms with Gasteiger partial charge in [-0.1, -0.05) is 13.0 Å². The van der Waals surface area contributed by atoms with Gasteiger partial charge in [0.05, 0.1) is 6.51 Å². The smallest absolute Gasteiger partial charge is 0.352 e. The van der Waals surface area contributed by atoms with Crippen LogP contribution in [0.5, 0.6) is 0 Å². The molecule has 0 amide bonds. The predicted molar refractivity (Wildman–Crippen MR) is 53.1 cm³/mol. The molecule has 0 aliphatic carbocycles. The van der Waals surface area contributed by atoms with Crippen LogP contribution in [-0.4, -0.2) is 28.5 Å². The van der Waals surface area contributed by atoms with Gasteiger partial charge in [0.1, 0.15) is 5.69 Å². The molecular weight excluding hydrogens is 203 g/mol. The van der Waals surface area contributed by atoms with E-state index in [9.17, 15) is 13.8 Å². The van der Waals surface area contributed by atoms with Crippen molar-refractivity contribution in [1.82, 2.24) is 4.98 Å².